The first kappa shape index (κ1) is 13.3. The number of aliphatic hydroxyl groups is 1. The summed E-state index contributed by atoms with van der Waals surface area (Å²) in [6.07, 6.45) is 0. The first-order chi connectivity index (χ1) is 7.85. The molecule has 0 radical (unpaired) electrons. The number of nitrogens with one attached hydrogen (secondary N) is 1. The van der Waals surface area contributed by atoms with Gasteiger partial charge in [0.25, 0.3) is 5.69 Å². The number of hydrogen-bond donors (Lipinski definition) is 2. The Morgan fingerprint density at radius 1 is 1.47 bits per heavy atom. The zero-order valence-corrected chi connectivity index (χ0v) is 9.28. The molecule has 0 aliphatic carbocycles. The van der Waals surface area contributed by atoms with Gasteiger partial charge in [-0.1, -0.05) is 0 Å². The SMILES string of the molecule is O=[N+]([O-])c1ccc(NS(=O)(=O)CCO)c(F)c1. The van der Waals surface area contributed by atoms with Crippen LogP contribution in [-0.4, -0.2) is 30.8 Å². The molecule has 0 bridgehead atoms. The van der Waals surface area contributed by atoms with E-state index in [2.05, 4.69) is 0 Å². The van der Waals surface area contributed by atoms with Crippen LogP contribution >= 0.6 is 0 Å². The fourth-order valence-corrected chi connectivity index (χ4v) is 1.88. The van der Waals surface area contributed by atoms with Gasteiger partial charge in [0, 0.05) is 6.07 Å². The zero-order chi connectivity index (χ0) is 13.1. The van der Waals surface area contributed by atoms with E-state index in [-0.39, 0.29) is 0 Å². The van der Waals surface area contributed by atoms with Crippen LogP contribution < -0.4 is 4.72 Å². The Balaban J connectivity index is 2.98. The molecule has 2 N–H and O–H groups in total. The smallest absolute Gasteiger partial charge is 0.272 e. The van der Waals surface area contributed by atoms with Crippen molar-refractivity contribution >= 4 is 21.4 Å². The fraction of sp³-hybridized carbons (Fsp3) is 0.250. The van der Waals surface area contributed by atoms with Crippen LogP contribution in [0.4, 0.5) is 15.8 Å². The Morgan fingerprint density at radius 3 is 2.59 bits per heavy atom. The average Bonchev–Trinajstić information content (AvgIpc) is 2.20. The first-order valence-corrected chi connectivity index (χ1v) is 6.06. The summed E-state index contributed by atoms with van der Waals surface area (Å²) in [6, 6.07) is 2.53. The molecule has 0 saturated carbocycles. The van der Waals surface area contributed by atoms with Crippen molar-refractivity contribution in [3.8, 4) is 0 Å². The maximum Gasteiger partial charge on any atom is 0.272 e. The van der Waals surface area contributed by atoms with Crippen molar-refractivity contribution in [2.75, 3.05) is 17.1 Å². The largest absolute Gasteiger partial charge is 0.395 e. The predicted octanol–water partition coefficient (Wildman–Crippen LogP) is 0.468. The molecule has 0 aliphatic rings. The molecule has 94 valence electrons. The third-order valence-corrected chi connectivity index (χ3v) is 3.04. The van der Waals surface area contributed by atoms with Crippen LogP contribution in [0.25, 0.3) is 0 Å². The summed E-state index contributed by atoms with van der Waals surface area (Å²) in [5.74, 6) is -1.63. The number of nitro benzene ring substituents is 1. The Morgan fingerprint density at radius 2 is 2.12 bits per heavy atom. The minimum Gasteiger partial charge on any atom is -0.395 e. The van der Waals surface area contributed by atoms with Crippen molar-refractivity contribution in [2.24, 2.45) is 0 Å². The molecule has 7 nitrogen and oxygen atoms in total. The summed E-state index contributed by atoms with van der Waals surface area (Å²) >= 11 is 0. The number of halogens is 1. The Hall–Kier alpha value is -1.74. The number of benzene rings is 1. The second-order valence-corrected chi connectivity index (χ2v) is 4.91. The Labute approximate surface area is 96.1 Å². The molecule has 1 rings (SSSR count). The van der Waals surface area contributed by atoms with Crippen molar-refractivity contribution < 1.29 is 22.8 Å². The Kier molecular flexibility index (Phi) is 3.97. The van der Waals surface area contributed by atoms with E-state index in [4.69, 9.17) is 5.11 Å². The lowest BCUT2D eigenvalue weighted by molar-refractivity contribution is -0.385. The molecule has 0 atom stereocenters. The van der Waals surface area contributed by atoms with E-state index in [9.17, 15) is 22.9 Å². The maximum absolute atomic E-state index is 13.3. The highest BCUT2D eigenvalue weighted by atomic mass is 32.2. The molecule has 9 heteroatoms. The van der Waals surface area contributed by atoms with Gasteiger partial charge in [0.1, 0.15) is 0 Å². The summed E-state index contributed by atoms with van der Waals surface area (Å²) in [4.78, 5) is 9.52. The summed E-state index contributed by atoms with van der Waals surface area (Å²) in [5.41, 5.74) is -0.878. The first-order valence-electron chi connectivity index (χ1n) is 4.41. The van der Waals surface area contributed by atoms with E-state index in [1.54, 1.807) is 0 Å². The van der Waals surface area contributed by atoms with Gasteiger partial charge in [-0.15, -0.1) is 0 Å². The van der Waals surface area contributed by atoms with E-state index in [1.807, 2.05) is 4.72 Å². The molecule has 0 unspecified atom stereocenters. The van der Waals surface area contributed by atoms with E-state index < -0.39 is 44.5 Å². The van der Waals surface area contributed by atoms with Gasteiger partial charge < -0.3 is 5.11 Å². The lowest BCUT2D eigenvalue weighted by atomic mass is 10.3. The lowest BCUT2D eigenvalue weighted by Crippen LogP contribution is -2.19. The second-order valence-electron chi connectivity index (χ2n) is 3.07. The van der Waals surface area contributed by atoms with Gasteiger partial charge in [-0.05, 0) is 6.07 Å². The van der Waals surface area contributed by atoms with E-state index in [0.717, 1.165) is 12.1 Å². The number of nitro groups is 1. The van der Waals surface area contributed by atoms with Gasteiger partial charge in [0.15, 0.2) is 5.82 Å². The van der Waals surface area contributed by atoms with Crippen LogP contribution in [0.2, 0.25) is 0 Å². The molecular weight excluding hydrogens is 255 g/mol. The van der Waals surface area contributed by atoms with Gasteiger partial charge >= 0.3 is 0 Å². The number of aliphatic hydroxyl groups excluding tert-OH is 1. The van der Waals surface area contributed by atoms with Gasteiger partial charge in [-0.25, -0.2) is 12.8 Å². The van der Waals surface area contributed by atoms with Crippen LogP contribution in [0, 0.1) is 15.9 Å². The third-order valence-electron chi connectivity index (χ3n) is 1.79. The molecule has 0 aliphatic heterocycles. The summed E-state index contributed by atoms with van der Waals surface area (Å²) in [6.45, 7) is -0.607. The number of anilines is 1. The van der Waals surface area contributed by atoms with Crippen molar-refractivity contribution in [1.82, 2.24) is 0 Å². The zero-order valence-electron chi connectivity index (χ0n) is 8.46. The highest BCUT2D eigenvalue weighted by Gasteiger charge is 2.15. The van der Waals surface area contributed by atoms with E-state index in [1.165, 1.54) is 0 Å². The third kappa shape index (κ3) is 3.64. The number of sulfonamides is 1. The predicted molar refractivity (Wildman–Crippen MR) is 57.5 cm³/mol. The Bertz CT molecular complexity index is 531. The topological polar surface area (TPSA) is 110 Å². The van der Waals surface area contributed by atoms with Gasteiger partial charge in [-0.2, -0.15) is 0 Å². The molecular formula is C8H9FN2O5S. The van der Waals surface area contributed by atoms with Gasteiger partial charge in [0.05, 0.1) is 29.0 Å². The minimum atomic E-state index is -3.85. The van der Waals surface area contributed by atoms with Crippen LogP contribution in [0.3, 0.4) is 0 Å². The minimum absolute atomic E-state index is 0.399. The molecule has 0 amide bonds. The maximum atomic E-state index is 13.3. The molecule has 1 aromatic rings. The number of hydrogen-bond acceptors (Lipinski definition) is 5. The van der Waals surface area contributed by atoms with Gasteiger partial charge in [-0.3, -0.25) is 14.8 Å². The highest BCUT2D eigenvalue weighted by molar-refractivity contribution is 7.92. The molecule has 0 aromatic heterocycles. The normalized spacial score (nSPS) is 11.2. The molecule has 17 heavy (non-hydrogen) atoms. The number of nitrogens with zero attached hydrogens (tertiary/aromatic N) is 1. The van der Waals surface area contributed by atoms with Crippen molar-refractivity contribution in [3.05, 3.63) is 34.1 Å². The fourth-order valence-electron chi connectivity index (χ4n) is 1.04. The van der Waals surface area contributed by atoms with E-state index in [0.29, 0.717) is 6.07 Å². The number of non-ortho nitro benzene ring substituents is 1. The van der Waals surface area contributed by atoms with Crippen LogP contribution in [0.5, 0.6) is 0 Å². The summed E-state index contributed by atoms with van der Waals surface area (Å²) < 4.78 is 37.6. The summed E-state index contributed by atoms with van der Waals surface area (Å²) in [5, 5.41) is 18.8. The molecule has 0 fully saturated rings. The summed E-state index contributed by atoms with van der Waals surface area (Å²) in [7, 11) is -3.85. The number of rotatable bonds is 5. The standard InChI is InChI=1S/C8H9FN2O5S/c9-7-5-6(11(13)14)1-2-8(7)10-17(15,16)4-3-12/h1-2,5,10,12H,3-4H2. The van der Waals surface area contributed by atoms with Crippen LogP contribution in [-0.2, 0) is 10.0 Å². The van der Waals surface area contributed by atoms with Crippen molar-refractivity contribution in [1.29, 1.82) is 0 Å². The molecule has 0 saturated heterocycles. The van der Waals surface area contributed by atoms with Crippen LogP contribution in [0.1, 0.15) is 0 Å². The molecule has 0 spiro atoms. The van der Waals surface area contributed by atoms with Crippen LogP contribution in [0.15, 0.2) is 18.2 Å². The second kappa shape index (κ2) is 5.06. The quantitative estimate of drug-likeness (QED) is 0.593. The monoisotopic (exact) mass is 264 g/mol. The van der Waals surface area contributed by atoms with Crippen molar-refractivity contribution in [2.45, 2.75) is 0 Å². The highest BCUT2D eigenvalue weighted by Crippen LogP contribution is 2.21. The van der Waals surface area contributed by atoms with E-state index >= 15 is 0 Å². The molecule has 1 aromatic carbocycles. The lowest BCUT2D eigenvalue weighted by Gasteiger charge is -2.07. The molecule has 0 heterocycles. The average molecular weight is 264 g/mol. The van der Waals surface area contributed by atoms with Crippen molar-refractivity contribution in [3.63, 3.8) is 0 Å². The van der Waals surface area contributed by atoms with Gasteiger partial charge in [0.2, 0.25) is 10.0 Å².